The van der Waals surface area contributed by atoms with Crippen molar-refractivity contribution in [3.05, 3.63) is 34.9 Å². The van der Waals surface area contributed by atoms with E-state index in [-0.39, 0.29) is 12.6 Å². The monoisotopic (exact) mass is 288 g/mol. The first-order chi connectivity index (χ1) is 9.04. The van der Waals surface area contributed by atoms with Gasteiger partial charge in [0.2, 0.25) is 0 Å². The summed E-state index contributed by atoms with van der Waals surface area (Å²) < 4.78 is 24.5. The van der Waals surface area contributed by atoms with Crippen LogP contribution in [0.25, 0.3) is 0 Å². The summed E-state index contributed by atoms with van der Waals surface area (Å²) in [6.45, 7) is 1.51. The van der Waals surface area contributed by atoms with Crippen LogP contribution in [0.2, 0.25) is 5.02 Å². The topological polar surface area (TPSA) is 15.3 Å². The Bertz CT molecular complexity index is 414. The Kier molecular flexibility index (Phi) is 5.13. The van der Waals surface area contributed by atoms with Crippen molar-refractivity contribution in [3.8, 4) is 0 Å². The van der Waals surface area contributed by atoms with Crippen LogP contribution in [0, 0.1) is 0 Å². The molecule has 0 radical (unpaired) electrons. The van der Waals surface area contributed by atoms with E-state index in [0.29, 0.717) is 5.92 Å². The van der Waals surface area contributed by atoms with Crippen LogP contribution in [0.1, 0.15) is 17.9 Å². The van der Waals surface area contributed by atoms with E-state index in [4.69, 9.17) is 11.6 Å². The number of halogens is 3. The fourth-order valence-electron chi connectivity index (χ4n) is 2.73. The quantitative estimate of drug-likeness (QED) is 0.916. The lowest BCUT2D eigenvalue weighted by atomic mass is 9.88. The highest BCUT2D eigenvalue weighted by molar-refractivity contribution is 6.30. The number of likely N-dealkylation sites (N-methyl/N-ethyl adjacent to an activating group) is 1. The van der Waals surface area contributed by atoms with Crippen LogP contribution >= 0.6 is 11.6 Å². The third kappa shape index (κ3) is 4.41. The van der Waals surface area contributed by atoms with E-state index in [1.807, 2.05) is 25.2 Å². The average molecular weight is 289 g/mol. The van der Waals surface area contributed by atoms with E-state index in [0.717, 1.165) is 24.5 Å². The van der Waals surface area contributed by atoms with Gasteiger partial charge >= 0.3 is 0 Å². The molecule has 1 fully saturated rings. The molecule has 0 bridgehead atoms. The molecule has 1 N–H and O–H groups in total. The zero-order valence-electron chi connectivity index (χ0n) is 11.0. The molecule has 2 rings (SSSR count). The standard InChI is InChI=1S/C14H19ClF2N2/c1-19-8-11(10-3-2-4-12(15)5-10)6-13(9-19)18-7-14(16)17/h2-5,11,13-14,18H,6-9H2,1H3. The van der Waals surface area contributed by atoms with Gasteiger partial charge < -0.3 is 10.2 Å². The number of benzene rings is 1. The van der Waals surface area contributed by atoms with Gasteiger partial charge in [-0.1, -0.05) is 23.7 Å². The molecule has 1 aromatic rings. The van der Waals surface area contributed by atoms with E-state index < -0.39 is 6.43 Å². The minimum absolute atomic E-state index is 0.108. The predicted octanol–water partition coefficient (Wildman–Crippen LogP) is 2.98. The normalized spacial score (nSPS) is 24.9. The zero-order valence-corrected chi connectivity index (χ0v) is 11.7. The van der Waals surface area contributed by atoms with E-state index in [1.165, 1.54) is 5.56 Å². The largest absolute Gasteiger partial charge is 0.307 e. The number of rotatable bonds is 4. The molecule has 1 aliphatic heterocycles. The second-order valence-electron chi connectivity index (χ2n) is 5.21. The van der Waals surface area contributed by atoms with Gasteiger partial charge in [0.15, 0.2) is 0 Å². The molecule has 5 heteroatoms. The first-order valence-corrected chi connectivity index (χ1v) is 6.88. The summed E-state index contributed by atoms with van der Waals surface area (Å²) in [6.07, 6.45) is -1.42. The molecule has 2 nitrogen and oxygen atoms in total. The van der Waals surface area contributed by atoms with Gasteiger partial charge in [-0.05, 0) is 37.1 Å². The van der Waals surface area contributed by atoms with Crippen LogP contribution in [0.5, 0.6) is 0 Å². The van der Waals surface area contributed by atoms with Crippen molar-refractivity contribution in [1.29, 1.82) is 0 Å². The van der Waals surface area contributed by atoms with Crippen LogP contribution in [0.4, 0.5) is 8.78 Å². The lowest BCUT2D eigenvalue weighted by Gasteiger charge is -2.36. The minimum Gasteiger partial charge on any atom is -0.307 e. The lowest BCUT2D eigenvalue weighted by molar-refractivity contribution is 0.127. The molecule has 106 valence electrons. The van der Waals surface area contributed by atoms with Gasteiger partial charge in [-0.2, -0.15) is 0 Å². The van der Waals surface area contributed by atoms with Gasteiger partial charge in [0.1, 0.15) is 0 Å². The molecule has 0 aliphatic carbocycles. The van der Waals surface area contributed by atoms with E-state index in [1.54, 1.807) is 0 Å². The first kappa shape index (κ1) is 14.7. The highest BCUT2D eigenvalue weighted by Gasteiger charge is 2.26. The van der Waals surface area contributed by atoms with Gasteiger partial charge in [0.25, 0.3) is 6.43 Å². The molecule has 19 heavy (non-hydrogen) atoms. The van der Waals surface area contributed by atoms with Gasteiger partial charge in [-0.25, -0.2) is 8.78 Å². The summed E-state index contributed by atoms with van der Waals surface area (Å²) in [6, 6.07) is 7.92. The number of hydrogen-bond donors (Lipinski definition) is 1. The first-order valence-electron chi connectivity index (χ1n) is 6.50. The van der Waals surface area contributed by atoms with Crippen LogP contribution in [0.15, 0.2) is 24.3 Å². The Hall–Kier alpha value is -0.710. The molecule has 1 aliphatic rings. The summed E-state index contributed by atoms with van der Waals surface area (Å²) in [5, 5.41) is 3.67. The molecule has 0 spiro atoms. The maximum atomic E-state index is 12.3. The van der Waals surface area contributed by atoms with Gasteiger partial charge in [0, 0.05) is 24.2 Å². The predicted molar refractivity (Wildman–Crippen MR) is 74.1 cm³/mol. The number of likely N-dealkylation sites (tertiary alicyclic amines) is 1. The summed E-state index contributed by atoms with van der Waals surface area (Å²) in [5.41, 5.74) is 1.18. The molecular weight excluding hydrogens is 270 g/mol. The van der Waals surface area contributed by atoms with E-state index in [2.05, 4.69) is 16.3 Å². The molecule has 2 atom stereocenters. The highest BCUT2D eigenvalue weighted by Crippen LogP contribution is 2.28. The van der Waals surface area contributed by atoms with Crippen LogP contribution in [0.3, 0.4) is 0 Å². The Labute approximate surface area is 117 Å². The molecular formula is C14H19ClF2N2. The second kappa shape index (κ2) is 6.64. The van der Waals surface area contributed by atoms with Crippen molar-refractivity contribution >= 4 is 11.6 Å². The van der Waals surface area contributed by atoms with Crippen molar-refractivity contribution in [2.45, 2.75) is 24.8 Å². The third-order valence-corrected chi connectivity index (χ3v) is 3.75. The Morgan fingerprint density at radius 2 is 2.21 bits per heavy atom. The Balaban J connectivity index is 2.01. The summed E-state index contributed by atoms with van der Waals surface area (Å²) >= 11 is 6.01. The summed E-state index contributed by atoms with van der Waals surface area (Å²) in [4.78, 5) is 2.18. The smallest absolute Gasteiger partial charge is 0.250 e. The Morgan fingerprint density at radius 1 is 1.42 bits per heavy atom. The fraction of sp³-hybridized carbons (Fsp3) is 0.571. The van der Waals surface area contributed by atoms with Crippen molar-refractivity contribution in [2.24, 2.45) is 0 Å². The maximum Gasteiger partial charge on any atom is 0.250 e. The van der Waals surface area contributed by atoms with Crippen molar-refractivity contribution in [2.75, 3.05) is 26.7 Å². The van der Waals surface area contributed by atoms with Crippen LogP contribution < -0.4 is 5.32 Å². The molecule has 1 aromatic carbocycles. The van der Waals surface area contributed by atoms with Gasteiger partial charge in [-0.3, -0.25) is 0 Å². The molecule has 0 saturated carbocycles. The molecule has 1 saturated heterocycles. The van der Waals surface area contributed by atoms with E-state index in [9.17, 15) is 8.78 Å². The molecule has 2 unspecified atom stereocenters. The number of alkyl halides is 2. The van der Waals surface area contributed by atoms with Crippen LogP contribution in [-0.4, -0.2) is 44.0 Å². The van der Waals surface area contributed by atoms with Gasteiger partial charge in [0.05, 0.1) is 6.54 Å². The number of hydrogen-bond acceptors (Lipinski definition) is 2. The zero-order chi connectivity index (χ0) is 13.8. The minimum atomic E-state index is -2.29. The second-order valence-corrected chi connectivity index (χ2v) is 5.64. The summed E-state index contributed by atoms with van der Waals surface area (Å²) in [7, 11) is 2.02. The van der Waals surface area contributed by atoms with Crippen molar-refractivity contribution in [3.63, 3.8) is 0 Å². The van der Waals surface area contributed by atoms with E-state index >= 15 is 0 Å². The molecule has 1 heterocycles. The number of nitrogens with zero attached hydrogens (tertiary/aromatic N) is 1. The Morgan fingerprint density at radius 3 is 2.89 bits per heavy atom. The fourth-order valence-corrected chi connectivity index (χ4v) is 2.92. The van der Waals surface area contributed by atoms with Crippen LogP contribution in [-0.2, 0) is 0 Å². The number of nitrogens with one attached hydrogen (secondary N) is 1. The van der Waals surface area contributed by atoms with Crippen molar-refractivity contribution in [1.82, 2.24) is 10.2 Å². The average Bonchev–Trinajstić information content (AvgIpc) is 2.36. The molecule has 0 amide bonds. The molecule has 0 aromatic heterocycles. The highest BCUT2D eigenvalue weighted by atomic mass is 35.5. The maximum absolute atomic E-state index is 12.3. The third-order valence-electron chi connectivity index (χ3n) is 3.51. The summed E-state index contributed by atoms with van der Waals surface area (Å²) in [5.74, 6) is 0.340. The van der Waals surface area contributed by atoms with Crippen molar-refractivity contribution < 1.29 is 8.78 Å². The lowest BCUT2D eigenvalue weighted by Crippen LogP contribution is -2.48. The SMILES string of the molecule is CN1CC(NCC(F)F)CC(c2cccc(Cl)c2)C1. The number of piperidine rings is 1. The van der Waals surface area contributed by atoms with Gasteiger partial charge in [-0.15, -0.1) is 0 Å².